The van der Waals surface area contributed by atoms with Crippen LogP contribution >= 0.6 is 0 Å². The molecule has 10 heteroatoms. The van der Waals surface area contributed by atoms with Crippen molar-refractivity contribution in [1.29, 1.82) is 0 Å². The highest BCUT2D eigenvalue weighted by molar-refractivity contribution is 5.60. The molecular weight excluding hydrogens is 394 g/mol. The Morgan fingerprint density at radius 3 is 1.67 bits per heavy atom. The van der Waals surface area contributed by atoms with Gasteiger partial charge in [-0.2, -0.15) is 8.78 Å². The van der Waals surface area contributed by atoms with Crippen molar-refractivity contribution in [2.75, 3.05) is 0 Å². The summed E-state index contributed by atoms with van der Waals surface area (Å²) >= 11 is 0. The molecule has 2 aromatic rings. The van der Waals surface area contributed by atoms with Crippen LogP contribution in [-0.4, -0.2) is 0 Å². The molecule has 2 aromatic carbocycles. The molecule has 0 heterocycles. The van der Waals surface area contributed by atoms with Gasteiger partial charge in [0, 0.05) is 5.56 Å². The van der Waals surface area contributed by atoms with Crippen LogP contribution < -0.4 is 0 Å². The molecule has 0 aliphatic heterocycles. The number of halogens is 10. The predicted molar refractivity (Wildman–Crippen MR) is 76.7 cm³/mol. The standard InChI is InChI=1S/C9H5F5.C8H3F5/c1-2-3-4-5(10)7(12)9(14)8(13)6(4)11;9-5-3-1-2-4(6(5)10)7(11)8(12)13/h2H,1,3H2;1-3H. The van der Waals surface area contributed by atoms with Crippen molar-refractivity contribution in [2.45, 2.75) is 6.42 Å². The molecule has 0 fully saturated rings. The van der Waals surface area contributed by atoms with Gasteiger partial charge in [-0.05, 0) is 18.6 Å². The summed E-state index contributed by atoms with van der Waals surface area (Å²) in [7, 11) is 0. The monoisotopic (exact) mass is 402 g/mol. The normalized spacial score (nSPS) is 10.1. The van der Waals surface area contributed by atoms with E-state index in [4.69, 9.17) is 0 Å². The summed E-state index contributed by atoms with van der Waals surface area (Å²) in [6, 6.07) is 2.38. The van der Waals surface area contributed by atoms with Crippen LogP contribution in [0.3, 0.4) is 0 Å². The SMILES string of the molecule is C=CCc1c(F)c(F)c(F)c(F)c1F.FC(F)=C(F)c1cccc(F)c1F. The predicted octanol–water partition coefficient (Wildman–Crippen LogP) is 6.61. The van der Waals surface area contributed by atoms with Gasteiger partial charge in [0.05, 0.1) is 5.56 Å². The van der Waals surface area contributed by atoms with Gasteiger partial charge in [0.2, 0.25) is 5.82 Å². The van der Waals surface area contributed by atoms with Crippen LogP contribution in [-0.2, 0) is 6.42 Å². The number of hydrogen-bond donors (Lipinski definition) is 0. The van der Waals surface area contributed by atoms with E-state index in [-0.39, 0.29) is 0 Å². The molecular formula is C17H8F10. The molecule has 0 unspecified atom stereocenters. The van der Waals surface area contributed by atoms with Crippen LogP contribution in [0.1, 0.15) is 11.1 Å². The van der Waals surface area contributed by atoms with Gasteiger partial charge in [-0.1, -0.05) is 12.1 Å². The van der Waals surface area contributed by atoms with Crippen LogP contribution in [0, 0.1) is 40.7 Å². The molecule has 0 aliphatic rings. The Morgan fingerprint density at radius 2 is 1.22 bits per heavy atom. The summed E-state index contributed by atoms with van der Waals surface area (Å²) in [6.07, 6.45) is -2.03. The highest BCUT2D eigenvalue weighted by Gasteiger charge is 2.24. The first-order valence-corrected chi connectivity index (χ1v) is 6.80. The van der Waals surface area contributed by atoms with E-state index in [0.29, 0.717) is 6.07 Å². The molecule has 2 rings (SSSR count). The maximum absolute atomic E-state index is 12.8. The lowest BCUT2D eigenvalue weighted by Crippen LogP contribution is -2.06. The van der Waals surface area contributed by atoms with Crippen LogP contribution in [0.5, 0.6) is 0 Å². The fourth-order valence-corrected chi connectivity index (χ4v) is 1.75. The van der Waals surface area contributed by atoms with Gasteiger partial charge in [-0.15, -0.1) is 6.58 Å². The van der Waals surface area contributed by atoms with Crippen LogP contribution in [0.4, 0.5) is 43.9 Å². The lowest BCUT2D eigenvalue weighted by molar-refractivity contribution is 0.371. The van der Waals surface area contributed by atoms with E-state index in [0.717, 1.165) is 18.2 Å². The summed E-state index contributed by atoms with van der Waals surface area (Å²) < 4.78 is 124. The number of allylic oxidation sites excluding steroid dienone is 1. The number of rotatable bonds is 3. The third kappa shape index (κ3) is 4.89. The molecule has 0 bridgehead atoms. The fourth-order valence-electron chi connectivity index (χ4n) is 1.75. The third-order valence-electron chi connectivity index (χ3n) is 3.00. The molecule has 0 amide bonds. The third-order valence-corrected chi connectivity index (χ3v) is 3.00. The summed E-state index contributed by atoms with van der Waals surface area (Å²) in [5.41, 5.74) is -1.93. The number of hydrogen-bond acceptors (Lipinski definition) is 0. The molecule has 0 aromatic heterocycles. The van der Waals surface area contributed by atoms with E-state index >= 15 is 0 Å². The van der Waals surface area contributed by atoms with E-state index in [9.17, 15) is 43.9 Å². The Balaban J connectivity index is 0.000000271. The first kappa shape index (κ1) is 22.3. The molecule has 27 heavy (non-hydrogen) atoms. The zero-order chi connectivity index (χ0) is 20.9. The molecule has 0 atom stereocenters. The average molecular weight is 402 g/mol. The van der Waals surface area contributed by atoms with E-state index in [1.807, 2.05) is 0 Å². The van der Waals surface area contributed by atoms with Crippen molar-refractivity contribution in [1.82, 2.24) is 0 Å². The van der Waals surface area contributed by atoms with Crippen molar-refractivity contribution in [3.63, 3.8) is 0 Å². The molecule has 0 saturated heterocycles. The molecule has 0 aliphatic carbocycles. The summed E-state index contributed by atoms with van der Waals surface area (Å²) in [6.45, 7) is 3.15. The summed E-state index contributed by atoms with van der Waals surface area (Å²) in [5.74, 6) is -14.6. The van der Waals surface area contributed by atoms with E-state index < -0.39 is 70.2 Å². The Kier molecular flexibility index (Phi) is 7.62. The van der Waals surface area contributed by atoms with Gasteiger partial charge >= 0.3 is 6.08 Å². The molecule has 0 spiro atoms. The summed E-state index contributed by atoms with van der Waals surface area (Å²) in [5, 5.41) is 0. The van der Waals surface area contributed by atoms with Gasteiger partial charge in [-0.25, -0.2) is 35.1 Å². The average Bonchev–Trinajstić information content (AvgIpc) is 2.64. The zero-order valence-corrected chi connectivity index (χ0v) is 13.0. The van der Waals surface area contributed by atoms with Crippen LogP contribution in [0.25, 0.3) is 5.83 Å². The van der Waals surface area contributed by atoms with Gasteiger partial charge < -0.3 is 0 Å². The van der Waals surface area contributed by atoms with Crippen LogP contribution in [0.2, 0.25) is 0 Å². The second kappa shape index (κ2) is 9.24. The van der Waals surface area contributed by atoms with Crippen molar-refractivity contribution in [3.8, 4) is 0 Å². The van der Waals surface area contributed by atoms with Crippen molar-refractivity contribution < 1.29 is 43.9 Å². The minimum Gasteiger partial charge on any atom is -0.204 e. The number of benzene rings is 2. The fraction of sp³-hybridized carbons (Fsp3) is 0.0588. The first-order chi connectivity index (χ1) is 12.5. The van der Waals surface area contributed by atoms with Gasteiger partial charge in [0.15, 0.2) is 40.7 Å². The molecule has 0 nitrogen and oxygen atoms in total. The highest BCUT2D eigenvalue weighted by atomic mass is 19.3. The Morgan fingerprint density at radius 1 is 0.741 bits per heavy atom. The van der Waals surface area contributed by atoms with Crippen molar-refractivity contribution >= 4 is 5.83 Å². The molecule has 146 valence electrons. The molecule has 0 saturated carbocycles. The minimum atomic E-state index is -2.68. The topological polar surface area (TPSA) is 0 Å². The second-order valence-electron chi connectivity index (χ2n) is 4.72. The van der Waals surface area contributed by atoms with Crippen LogP contribution in [0.15, 0.2) is 36.9 Å². The van der Waals surface area contributed by atoms with E-state index in [1.54, 1.807) is 0 Å². The van der Waals surface area contributed by atoms with Gasteiger partial charge in [0.25, 0.3) is 0 Å². The lowest BCUT2D eigenvalue weighted by Gasteiger charge is -2.05. The highest BCUT2D eigenvalue weighted by Crippen LogP contribution is 2.25. The van der Waals surface area contributed by atoms with Crippen molar-refractivity contribution in [2.24, 2.45) is 0 Å². The Hall–Kier alpha value is -2.78. The lowest BCUT2D eigenvalue weighted by atomic mass is 10.1. The minimum absolute atomic E-state index is 0.411. The van der Waals surface area contributed by atoms with Crippen molar-refractivity contribution in [3.05, 3.63) is 88.8 Å². The Labute approximate surface area is 146 Å². The maximum atomic E-state index is 12.8. The maximum Gasteiger partial charge on any atom is 0.306 e. The second-order valence-corrected chi connectivity index (χ2v) is 4.72. The first-order valence-electron chi connectivity index (χ1n) is 6.80. The largest absolute Gasteiger partial charge is 0.306 e. The quantitative estimate of drug-likeness (QED) is 0.235. The smallest absolute Gasteiger partial charge is 0.204 e. The van der Waals surface area contributed by atoms with Gasteiger partial charge in [0.1, 0.15) is 0 Å². The van der Waals surface area contributed by atoms with E-state index in [2.05, 4.69) is 6.58 Å². The van der Waals surface area contributed by atoms with E-state index in [1.165, 1.54) is 0 Å². The molecule has 0 N–H and O–H groups in total. The van der Waals surface area contributed by atoms with Gasteiger partial charge in [-0.3, -0.25) is 0 Å². The zero-order valence-electron chi connectivity index (χ0n) is 13.0. The Bertz CT molecular complexity index is 853. The molecule has 0 radical (unpaired) electrons. The summed E-state index contributed by atoms with van der Waals surface area (Å²) in [4.78, 5) is 0.